The lowest BCUT2D eigenvalue weighted by molar-refractivity contribution is 1.19. The van der Waals surface area contributed by atoms with Crippen LogP contribution in [0.4, 0.5) is 0 Å². The molecule has 2 nitrogen and oxygen atoms in total. The predicted octanol–water partition coefficient (Wildman–Crippen LogP) is 11.2. The fraction of sp³-hybridized carbons (Fsp3) is 0. The summed E-state index contributed by atoms with van der Waals surface area (Å²) < 4.78 is 0. The first-order valence-electron chi connectivity index (χ1n) is 15.0. The van der Waals surface area contributed by atoms with Gasteiger partial charge in [-0.3, -0.25) is 0 Å². The van der Waals surface area contributed by atoms with Gasteiger partial charge >= 0.3 is 0 Å². The number of rotatable bonds is 3. The quantitative estimate of drug-likeness (QED) is 0.159. The number of nitrogens with zero attached hydrogens (tertiary/aromatic N) is 2. The lowest BCUT2D eigenvalue weighted by atomic mass is 9.88. The summed E-state index contributed by atoms with van der Waals surface area (Å²) in [5.74, 6) is 0.734. The van der Waals surface area contributed by atoms with Gasteiger partial charge in [0.2, 0.25) is 0 Å². The molecular formula is C42H26N2. The van der Waals surface area contributed by atoms with Crippen LogP contribution in [-0.4, -0.2) is 9.97 Å². The van der Waals surface area contributed by atoms with E-state index in [9.17, 15) is 0 Å². The first-order valence-corrected chi connectivity index (χ1v) is 15.0. The summed E-state index contributed by atoms with van der Waals surface area (Å²) in [5.41, 5.74) is 5.66. The first-order chi connectivity index (χ1) is 21.8. The molecule has 0 bridgehead atoms. The molecule has 0 aliphatic heterocycles. The second-order valence-corrected chi connectivity index (χ2v) is 11.4. The van der Waals surface area contributed by atoms with Crippen molar-refractivity contribution in [1.29, 1.82) is 0 Å². The van der Waals surface area contributed by atoms with Crippen LogP contribution >= 0.6 is 0 Å². The third kappa shape index (κ3) is 3.82. The van der Waals surface area contributed by atoms with Crippen molar-refractivity contribution in [3.05, 3.63) is 158 Å². The van der Waals surface area contributed by atoms with Gasteiger partial charge < -0.3 is 0 Å². The third-order valence-corrected chi connectivity index (χ3v) is 8.92. The van der Waals surface area contributed by atoms with Crippen molar-refractivity contribution in [3.63, 3.8) is 0 Å². The Morgan fingerprint density at radius 2 is 0.886 bits per heavy atom. The van der Waals surface area contributed by atoms with Crippen LogP contribution in [-0.2, 0) is 0 Å². The van der Waals surface area contributed by atoms with Crippen molar-refractivity contribution >= 4 is 53.9 Å². The number of hydrogen-bond acceptors (Lipinski definition) is 2. The summed E-state index contributed by atoms with van der Waals surface area (Å²) in [6.07, 6.45) is 3.96. The van der Waals surface area contributed by atoms with Crippen LogP contribution in [0.3, 0.4) is 0 Å². The molecular weight excluding hydrogens is 532 g/mol. The maximum atomic E-state index is 5.03. The van der Waals surface area contributed by atoms with Gasteiger partial charge in [-0.05, 0) is 82.7 Å². The Hall–Kier alpha value is -5.86. The SMILES string of the molecule is c1ccc(-c2c3ccccc3c(-c3ncc(-c4cccc5c4ccc4cc6ccccc6cc45)cn3)c3ccccc23)cc1. The minimum Gasteiger partial charge on any atom is -0.236 e. The third-order valence-electron chi connectivity index (χ3n) is 8.92. The fourth-order valence-corrected chi connectivity index (χ4v) is 6.91. The molecule has 0 aliphatic carbocycles. The van der Waals surface area contributed by atoms with Crippen molar-refractivity contribution in [1.82, 2.24) is 9.97 Å². The zero-order valence-electron chi connectivity index (χ0n) is 23.9. The monoisotopic (exact) mass is 558 g/mol. The van der Waals surface area contributed by atoms with Gasteiger partial charge in [-0.2, -0.15) is 0 Å². The van der Waals surface area contributed by atoms with E-state index in [1.165, 1.54) is 54.2 Å². The van der Waals surface area contributed by atoms with Crippen LogP contribution < -0.4 is 0 Å². The van der Waals surface area contributed by atoms with Crippen LogP contribution in [0.15, 0.2) is 158 Å². The van der Waals surface area contributed by atoms with Crippen molar-refractivity contribution in [2.45, 2.75) is 0 Å². The van der Waals surface area contributed by atoms with E-state index >= 15 is 0 Å². The van der Waals surface area contributed by atoms with Crippen LogP contribution in [0.1, 0.15) is 0 Å². The fourth-order valence-electron chi connectivity index (χ4n) is 6.91. The summed E-state index contributed by atoms with van der Waals surface area (Å²) in [4.78, 5) is 10.1. The van der Waals surface area contributed by atoms with E-state index in [1.807, 2.05) is 12.4 Å². The molecule has 2 heteroatoms. The van der Waals surface area contributed by atoms with E-state index in [2.05, 4.69) is 146 Å². The molecule has 0 saturated heterocycles. The predicted molar refractivity (Wildman–Crippen MR) is 186 cm³/mol. The second kappa shape index (κ2) is 9.86. The van der Waals surface area contributed by atoms with Gasteiger partial charge in [-0.15, -0.1) is 0 Å². The summed E-state index contributed by atoms with van der Waals surface area (Å²) in [7, 11) is 0. The maximum Gasteiger partial charge on any atom is 0.160 e. The van der Waals surface area contributed by atoms with Crippen molar-refractivity contribution in [2.75, 3.05) is 0 Å². The van der Waals surface area contributed by atoms with E-state index in [0.29, 0.717) is 0 Å². The van der Waals surface area contributed by atoms with E-state index in [1.54, 1.807) is 0 Å². The Balaban J connectivity index is 1.23. The van der Waals surface area contributed by atoms with Crippen molar-refractivity contribution in [3.8, 4) is 33.6 Å². The highest BCUT2D eigenvalue weighted by molar-refractivity contribution is 6.21. The van der Waals surface area contributed by atoms with Crippen LogP contribution in [0.25, 0.3) is 87.5 Å². The normalized spacial score (nSPS) is 11.6. The smallest absolute Gasteiger partial charge is 0.160 e. The molecule has 0 unspecified atom stereocenters. The molecule has 0 radical (unpaired) electrons. The Morgan fingerprint density at radius 3 is 1.57 bits per heavy atom. The van der Waals surface area contributed by atoms with Crippen LogP contribution in [0.5, 0.6) is 0 Å². The standard InChI is InChI=1S/C42H26N2/c1-2-11-27(12-3-1)40-35-15-6-8-17-37(35)41(38-18-9-7-16-36(38)40)42-43-25-31(26-44-42)32-19-10-20-33-34(32)22-21-30-23-28-13-4-5-14-29(28)24-39(30)33/h1-26H. The highest BCUT2D eigenvalue weighted by Gasteiger charge is 2.18. The van der Waals surface area contributed by atoms with Gasteiger partial charge in [0.15, 0.2) is 5.82 Å². The summed E-state index contributed by atoms with van der Waals surface area (Å²) in [6, 6.07) is 52.1. The van der Waals surface area contributed by atoms with Gasteiger partial charge in [0.25, 0.3) is 0 Å². The van der Waals surface area contributed by atoms with Gasteiger partial charge in [-0.1, -0.05) is 133 Å². The molecule has 204 valence electrons. The molecule has 0 amide bonds. The van der Waals surface area contributed by atoms with Gasteiger partial charge in [0.1, 0.15) is 0 Å². The number of benzene rings is 8. The molecule has 1 aromatic heterocycles. The average molecular weight is 559 g/mol. The average Bonchev–Trinajstić information content (AvgIpc) is 3.10. The van der Waals surface area contributed by atoms with E-state index in [-0.39, 0.29) is 0 Å². The van der Waals surface area contributed by atoms with E-state index in [0.717, 1.165) is 33.3 Å². The van der Waals surface area contributed by atoms with Gasteiger partial charge in [0, 0.05) is 23.5 Å². The molecule has 8 aromatic carbocycles. The lowest BCUT2D eigenvalue weighted by Gasteiger charge is -2.17. The van der Waals surface area contributed by atoms with Gasteiger partial charge in [-0.25, -0.2) is 9.97 Å². The molecule has 9 rings (SSSR count). The summed E-state index contributed by atoms with van der Waals surface area (Å²) in [5, 5.41) is 12.2. The summed E-state index contributed by atoms with van der Waals surface area (Å²) in [6.45, 7) is 0. The molecule has 0 fully saturated rings. The van der Waals surface area contributed by atoms with E-state index in [4.69, 9.17) is 9.97 Å². The van der Waals surface area contributed by atoms with Crippen molar-refractivity contribution < 1.29 is 0 Å². The summed E-state index contributed by atoms with van der Waals surface area (Å²) >= 11 is 0. The van der Waals surface area contributed by atoms with E-state index < -0.39 is 0 Å². The highest BCUT2D eigenvalue weighted by atomic mass is 14.9. The largest absolute Gasteiger partial charge is 0.236 e. The second-order valence-electron chi connectivity index (χ2n) is 11.4. The minimum atomic E-state index is 0.734. The molecule has 0 saturated carbocycles. The number of hydrogen-bond donors (Lipinski definition) is 0. The van der Waals surface area contributed by atoms with Gasteiger partial charge in [0.05, 0.1) is 0 Å². The Bertz CT molecular complexity index is 2470. The molecule has 1 heterocycles. The zero-order chi connectivity index (χ0) is 29.0. The topological polar surface area (TPSA) is 25.8 Å². The number of fused-ring (bicyclic) bond motifs is 6. The molecule has 9 aromatic rings. The van der Waals surface area contributed by atoms with Crippen molar-refractivity contribution in [2.24, 2.45) is 0 Å². The number of aromatic nitrogens is 2. The lowest BCUT2D eigenvalue weighted by Crippen LogP contribution is -1.95. The Kier molecular flexibility index (Phi) is 5.54. The van der Waals surface area contributed by atoms with Crippen LogP contribution in [0.2, 0.25) is 0 Å². The Labute approximate surface area is 254 Å². The first kappa shape index (κ1) is 24.7. The Morgan fingerprint density at radius 1 is 0.318 bits per heavy atom. The molecule has 44 heavy (non-hydrogen) atoms. The highest BCUT2D eigenvalue weighted by Crippen LogP contribution is 2.43. The maximum absolute atomic E-state index is 5.03. The molecule has 0 aliphatic rings. The zero-order valence-corrected chi connectivity index (χ0v) is 23.9. The van der Waals surface area contributed by atoms with Crippen LogP contribution in [0, 0.1) is 0 Å². The molecule has 0 spiro atoms. The molecule has 0 N–H and O–H groups in total. The minimum absolute atomic E-state index is 0.734. The molecule has 0 atom stereocenters.